The van der Waals surface area contributed by atoms with Crippen LogP contribution in [0.25, 0.3) is 0 Å². The van der Waals surface area contributed by atoms with Crippen molar-refractivity contribution in [2.75, 3.05) is 14.2 Å². The number of methoxy groups -OCH3 is 2. The van der Waals surface area contributed by atoms with Crippen LogP contribution >= 0.6 is 0 Å². The Labute approximate surface area is 142 Å². The second kappa shape index (κ2) is 5.59. The molecule has 0 heterocycles. The Kier molecular flexibility index (Phi) is 3.52. The molecule has 0 saturated carbocycles. The Hall–Kier alpha value is -2.42. The van der Waals surface area contributed by atoms with E-state index in [2.05, 4.69) is 48.5 Å². The van der Waals surface area contributed by atoms with Crippen LogP contribution in [0.5, 0.6) is 0 Å². The zero-order chi connectivity index (χ0) is 16.6. The van der Waals surface area contributed by atoms with Gasteiger partial charge in [0.2, 0.25) is 0 Å². The molecule has 0 fully saturated rings. The normalized spacial score (nSPS) is 24.9. The second-order valence-corrected chi connectivity index (χ2v) is 6.05. The molecular weight excluding hydrogens is 296 g/mol. The van der Waals surface area contributed by atoms with Crippen LogP contribution in [0.3, 0.4) is 0 Å². The lowest BCUT2D eigenvalue weighted by molar-refractivity contribution is -0.181. The Morgan fingerprint density at radius 1 is 0.500 bits per heavy atom. The number of fused-ring (bicyclic) bond motifs is 1. The van der Waals surface area contributed by atoms with Crippen molar-refractivity contribution in [1.82, 2.24) is 0 Å². The van der Waals surface area contributed by atoms with Crippen LogP contribution in [-0.2, 0) is 20.7 Å². The maximum Gasteiger partial charge on any atom is 0.155 e. The first-order chi connectivity index (χ1) is 11.8. The summed E-state index contributed by atoms with van der Waals surface area (Å²) in [6.07, 6.45) is 0. The third-order valence-electron chi connectivity index (χ3n) is 5.15. The number of ether oxygens (including phenoxy) is 2. The lowest BCUT2D eigenvalue weighted by Gasteiger charge is -2.58. The van der Waals surface area contributed by atoms with Crippen LogP contribution in [0, 0.1) is 0 Å². The largest absolute Gasteiger partial charge is 0.365 e. The monoisotopic (exact) mass is 316 g/mol. The Balaban J connectivity index is 2.08. The second-order valence-electron chi connectivity index (χ2n) is 6.05. The van der Waals surface area contributed by atoms with Gasteiger partial charge in [0.25, 0.3) is 0 Å². The van der Waals surface area contributed by atoms with Gasteiger partial charge in [0.1, 0.15) is 0 Å². The maximum absolute atomic E-state index is 6.22. The van der Waals surface area contributed by atoms with E-state index in [1.165, 1.54) is 0 Å². The summed E-state index contributed by atoms with van der Waals surface area (Å²) in [5.41, 5.74) is 3.17. The standard InChI is InChI=1S/C22H20O2/c1-23-21(17-11-5-3-6-12-17)19-15-9-10-16-20(19)22(21,24-2)18-13-7-4-8-14-18/h3-16H,1-2H3. The molecule has 2 unspecified atom stereocenters. The van der Waals surface area contributed by atoms with Crippen molar-refractivity contribution in [3.63, 3.8) is 0 Å². The third-order valence-corrected chi connectivity index (χ3v) is 5.15. The molecule has 0 aliphatic heterocycles. The van der Waals surface area contributed by atoms with Gasteiger partial charge >= 0.3 is 0 Å². The van der Waals surface area contributed by atoms with Crippen LogP contribution < -0.4 is 0 Å². The summed E-state index contributed by atoms with van der Waals surface area (Å²) in [6.45, 7) is 0. The van der Waals surface area contributed by atoms with Crippen molar-refractivity contribution >= 4 is 0 Å². The zero-order valence-electron chi connectivity index (χ0n) is 13.9. The average molecular weight is 316 g/mol. The highest BCUT2D eigenvalue weighted by atomic mass is 16.6. The van der Waals surface area contributed by atoms with E-state index in [0.717, 1.165) is 22.3 Å². The highest BCUT2D eigenvalue weighted by Gasteiger charge is 2.66. The van der Waals surface area contributed by atoms with Crippen LogP contribution in [0.2, 0.25) is 0 Å². The number of rotatable bonds is 4. The predicted octanol–water partition coefficient (Wildman–Crippen LogP) is 4.48. The van der Waals surface area contributed by atoms with Gasteiger partial charge in [0.05, 0.1) is 0 Å². The van der Waals surface area contributed by atoms with Crippen molar-refractivity contribution in [2.45, 2.75) is 11.2 Å². The van der Waals surface area contributed by atoms with E-state index in [4.69, 9.17) is 9.47 Å². The van der Waals surface area contributed by atoms with E-state index in [1.54, 1.807) is 14.2 Å². The molecule has 0 amide bonds. The molecule has 2 nitrogen and oxygen atoms in total. The Morgan fingerprint density at radius 2 is 0.833 bits per heavy atom. The molecule has 0 spiro atoms. The fourth-order valence-corrected chi connectivity index (χ4v) is 4.22. The lowest BCUT2D eigenvalue weighted by atomic mass is 9.55. The molecule has 0 radical (unpaired) electrons. The molecule has 0 N–H and O–H groups in total. The van der Waals surface area contributed by atoms with E-state index < -0.39 is 11.2 Å². The van der Waals surface area contributed by atoms with Gasteiger partial charge in [-0.05, 0) is 22.3 Å². The molecule has 1 aliphatic rings. The minimum absolute atomic E-state index is 0.666. The van der Waals surface area contributed by atoms with Gasteiger partial charge in [-0.2, -0.15) is 0 Å². The molecule has 120 valence electrons. The van der Waals surface area contributed by atoms with Crippen molar-refractivity contribution in [3.05, 3.63) is 107 Å². The van der Waals surface area contributed by atoms with Crippen LogP contribution in [0.4, 0.5) is 0 Å². The van der Waals surface area contributed by atoms with E-state index in [9.17, 15) is 0 Å². The maximum atomic E-state index is 6.22. The highest BCUT2D eigenvalue weighted by Crippen LogP contribution is 2.63. The van der Waals surface area contributed by atoms with Crippen LogP contribution in [-0.4, -0.2) is 14.2 Å². The number of hydrogen-bond acceptors (Lipinski definition) is 2. The quantitative estimate of drug-likeness (QED) is 0.706. The van der Waals surface area contributed by atoms with Crippen LogP contribution in [0.1, 0.15) is 22.3 Å². The Morgan fingerprint density at radius 3 is 1.17 bits per heavy atom. The summed E-state index contributed by atoms with van der Waals surface area (Å²) < 4.78 is 12.4. The summed E-state index contributed by atoms with van der Waals surface area (Å²) in [5.74, 6) is 0. The first-order valence-corrected chi connectivity index (χ1v) is 8.12. The molecule has 24 heavy (non-hydrogen) atoms. The number of benzene rings is 3. The summed E-state index contributed by atoms with van der Waals surface area (Å²) in [7, 11) is 3.53. The first kappa shape index (κ1) is 15.1. The zero-order valence-corrected chi connectivity index (χ0v) is 13.9. The van der Waals surface area contributed by atoms with E-state index >= 15 is 0 Å². The van der Waals surface area contributed by atoms with Gasteiger partial charge in [0, 0.05) is 14.2 Å². The molecule has 1 aliphatic carbocycles. The highest BCUT2D eigenvalue weighted by molar-refractivity contribution is 5.63. The SMILES string of the molecule is COC1(c2ccccc2)c2ccccc2C1(OC)c1ccccc1. The molecule has 2 atom stereocenters. The van der Waals surface area contributed by atoms with Crippen molar-refractivity contribution in [2.24, 2.45) is 0 Å². The van der Waals surface area contributed by atoms with Gasteiger partial charge in [-0.3, -0.25) is 0 Å². The molecule has 0 saturated heterocycles. The minimum atomic E-state index is -0.666. The molecule has 3 aromatic carbocycles. The first-order valence-electron chi connectivity index (χ1n) is 8.12. The van der Waals surface area contributed by atoms with Crippen LogP contribution in [0.15, 0.2) is 84.9 Å². The van der Waals surface area contributed by atoms with Crippen molar-refractivity contribution in [3.8, 4) is 0 Å². The Bertz CT molecular complexity index is 772. The van der Waals surface area contributed by atoms with E-state index in [0.29, 0.717) is 0 Å². The molecule has 3 aromatic rings. The molecular formula is C22H20O2. The summed E-state index contributed by atoms with van der Waals surface area (Å²) in [4.78, 5) is 0. The fourth-order valence-electron chi connectivity index (χ4n) is 4.22. The lowest BCUT2D eigenvalue weighted by Crippen LogP contribution is -2.62. The summed E-state index contributed by atoms with van der Waals surface area (Å²) in [6, 6.07) is 29.0. The van der Waals surface area contributed by atoms with Gasteiger partial charge < -0.3 is 9.47 Å². The average Bonchev–Trinajstić information content (AvgIpc) is 2.66. The van der Waals surface area contributed by atoms with Gasteiger partial charge in [-0.25, -0.2) is 0 Å². The number of hydrogen-bond donors (Lipinski definition) is 0. The topological polar surface area (TPSA) is 18.5 Å². The molecule has 4 rings (SSSR count). The summed E-state index contributed by atoms with van der Waals surface area (Å²) >= 11 is 0. The van der Waals surface area contributed by atoms with Crippen molar-refractivity contribution in [1.29, 1.82) is 0 Å². The predicted molar refractivity (Wildman–Crippen MR) is 94.9 cm³/mol. The van der Waals surface area contributed by atoms with Crippen molar-refractivity contribution < 1.29 is 9.47 Å². The van der Waals surface area contributed by atoms with E-state index in [-0.39, 0.29) is 0 Å². The molecule has 0 bridgehead atoms. The minimum Gasteiger partial charge on any atom is -0.365 e. The third kappa shape index (κ3) is 1.67. The van der Waals surface area contributed by atoms with E-state index in [1.807, 2.05) is 36.4 Å². The smallest absolute Gasteiger partial charge is 0.155 e. The molecule has 0 aromatic heterocycles. The summed E-state index contributed by atoms with van der Waals surface area (Å²) in [5, 5.41) is 0. The van der Waals surface area contributed by atoms with Gasteiger partial charge in [-0.1, -0.05) is 84.9 Å². The molecule has 2 heteroatoms. The fraction of sp³-hybridized carbons (Fsp3) is 0.182. The van der Waals surface area contributed by atoms with Gasteiger partial charge in [-0.15, -0.1) is 0 Å². The van der Waals surface area contributed by atoms with Gasteiger partial charge in [0.15, 0.2) is 11.2 Å².